The number of carbonyl (C=O) groups excluding carboxylic acids is 1. The summed E-state index contributed by atoms with van der Waals surface area (Å²) >= 11 is 0.845. The van der Waals surface area contributed by atoms with Crippen LogP contribution in [-0.2, 0) is 10.0 Å². The minimum atomic E-state index is -4.11. The van der Waals surface area contributed by atoms with Gasteiger partial charge in [-0.25, -0.2) is 28.5 Å². The van der Waals surface area contributed by atoms with Crippen LogP contribution in [0.1, 0.15) is 10.4 Å². The average Bonchev–Trinajstić information content (AvgIpc) is 2.51. The fourth-order valence-corrected chi connectivity index (χ4v) is 3.76. The zero-order valence-corrected chi connectivity index (χ0v) is 13.1. The first-order valence-corrected chi connectivity index (χ1v) is 8.51. The van der Waals surface area contributed by atoms with Crippen LogP contribution >= 0.6 is 11.8 Å². The van der Waals surface area contributed by atoms with Crippen molar-refractivity contribution in [3.8, 4) is 17.5 Å². The third kappa shape index (κ3) is 3.62. The zero-order chi connectivity index (χ0) is 17.0. The summed E-state index contributed by atoms with van der Waals surface area (Å²) in [6.45, 7) is 0. The molecule has 0 radical (unpaired) electrons. The van der Waals surface area contributed by atoms with E-state index in [1.165, 1.54) is 24.8 Å². The van der Waals surface area contributed by atoms with E-state index in [2.05, 4.69) is 15.0 Å². The van der Waals surface area contributed by atoms with Crippen LogP contribution in [0.3, 0.4) is 0 Å². The van der Waals surface area contributed by atoms with Crippen LogP contribution < -0.4 is 10.9 Å². The number of aromatic nitrogens is 3. The van der Waals surface area contributed by atoms with Crippen molar-refractivity contribution in [1.29, 1.82) is 5.26 Å². The van der Waals surface area contributed by atoms with E-state index in [4.69, 9.17) is 16.1 Å². The molecular formula is C12H10N6O3S2. The number of amides is 1. The molecule has 9 nitrogen and oxygen atoms in total. The number of carbonyl (C=O) groups is 1. The number of sulfonamides is 1. The maximum atomic E-state index is 11.9. The number of primary amides is 1. The highest BCUT2D eigenvalue weighted by Gasteiger charge is 2.25. The molecule has 0 bridgehead atoms. The molecule has 0 unspecified atom stereocenters. The standard InChI is InChI=1S/C12H10N6O3S2/c13-3-4-22-10-8(23(15,20)21)2-1-7(9(10)11(14)19)12-17-5-16-6-18-12/h1-2,5-6H,4H2,(H2,14,19)(H2,15,20,21). The number of nitriles is 1. The second kappa shape index (κ2) is 6.69. The Hall–Kier alpha value is -2.55. The molecule has 0 saturated heterocycles. The molecule has 0 aliphatic heterocycles. The lowest BCUT2D eigenvalue weighted by Gasteiger charge is -2.13. The molecule has 11 heteroatoms. The number of nitrogens with two attached hydrogens (primary N) is 2. The highest BCUT2D eigenvalue weighted by atomic mass is 32.2. The van der Waals surface area contributed by atoms with Crippen LogP contribution in [-0.4, -0.2) is 35.0 Å². The van der Waals surface area contributed by atoms with E-state index in [-0.39, 0.29) is 32.5 Å². The molecule has 1 aromatic heterocycles. The van der Waals surface area contributed by atoms with Gasteiger partial charge in [0.15, 0.2) is 5.82 Å². The van der Waals surface area contributed by atoms with Crippen molar-refractivity contribution in [2.24, 2.45) is 10.9 Å². The minimum absolute atomic E-state index is 0.000498. The fourth-order valence-electron chi connectivity index (χ4n) is 1.84. The maximum absolute atomic E-state index is 11.9. The summed E-state index contributed by atoms with van der Waals surface area (Å²) in [5, 5.41) is 13.9. The highest BCUT2D eigenvalue weighted by molar-refractivity contribution is 8.00. The molecule has 0 saturated carbocycles. The number of hydrogen-bond donors (Lipinski definition) is 2. The third-order valence-electron chi connectivity index (χ3n) is 2.69. The lowest BCUT2D eigenvalue weighted by Crippen LogP contribution is -2.19. The molecule has 4 N–H and O–H groups in total. The third-order valence-corrected chi connectivity index (χ3v) is 4.76. The van der Waals surface area contributed by atoms with Crippen LogP contribution in [0, 0.1) is 11.3 Å². The molecule has 2 rings (SSSR count). The van der Waals surface area contributed by atoms with Crippen molar-refractivity contribution in [2.45, 2.75) is 9.79 Å². The van der Waals surface area contributed by atoms with E-state index in [1.807, 2.05) is 6.07 Å². The van der Waals surface area contributed by atoms with Crippen molar-refractivity contribution in [2.75, 3.05) is 5.75 Å². The second-order valence-corrected chi connectivity index (χ2v) is 6.65. The van der Waals surface area contributed by atoms with Gasteiger partial charge in [0.25, 0.3) is 5.91 Å². The Balaban J connectivity index is 2.82. The van der Waals surface area contributed by atoms with Crippen LogP contribution in [0.4, 0.5) is 0 Å². The van der Waals surface area contributed by atoms with Crippen molar-refractivity contribution in [1.82, 2.24) is 15.0 Å². The van der Waals surface area contributed by atoms with Gasteiger partial charge in [0.1, 0.15) is 12.7 Å². The maximum Gasteiger partial charge on any atom is 0.250 e. The Morgan fingerprint density at radius 3 is 2.48 bits per heavy atom. The molecule has 1 amide bonds. The van der Waals surface area contributed by atoms with Gasteiger partial charge in [-0.2, -0.15) is 5.26 Å². The Morgan fingerprint density at radius 1 is 1.30 bits per heavy atom. The number of primary sulfonamides is 1. The summed E-state index contributed by atoms with van der Waals surface area (Å²) in [5.41, 5.74) is 5.52. The van der Waals surface area contributed by atoms with Crippen molar-refractivity contribution < 1.29 is 13.2 Å². The van der Waals surface area contributed by atoms with Crippen LogP contribution in [0.2, 0.25) is 0 Å². The Bertz CT molecular complexity index is 893. The minimum Gasteiger partial charge on any atom is -0.366 e. The van der Waals surface area contributed by atoms with Gasteiger partial charge in [0, 0.05) is 10.5 Å². The van der Waals surface area contributed by atoms with Crippen molar-refractivity contribution >= 4 is 27.7 Å². The Labute approximate surface area is 135 Å². The summed E-state index contributed by atoms with van der Waals surface area (Å²) in [6, 6.07) is 4.42. The van der Waals surface area contributed by atoms with Gasteiger partial charge in [-0.15, -0.1) is 11.8 Å². The second-order valence-electron chi connectivity index (χ2n) is 4.13. The van der Waals surface area contributed by atoms with Crippen molar-refractivity contribution in [3.05, 3.63) is 30.4 Å². The van der Waals surface area contributed by atoms with E-state index in [0.29, 0.717) is 0 Å². The Morgan fingerprint density at radius 2 is 1.96 bits per heavy atom. The van der Waals surface area contributed by atoms with Gasteiger partial charge >= 0.3 is 0 Å². The first-order chi connectivity index (χ1) is 10.9. The molecule has 118 valence electrons. The molecule has 0 fully saturated rings. The van der Waals surface area contributed by atoms with E-state index >= 15 is 0 Å². The topological polar surface area (TPSA) is 166 Å². The van der Waals surface area contributed by atoms with Gasteiger partial charge in [-0.05, 0) is 12.1 Å². The molecule has 0 aliphatic carbocycles. The lowest BCUT2D eigenvalue weighted by atomic mass is 10.1. The summed E-state index contributed by atoms with van der Waals surface area (Å²) in [7, 11) is -4.11. The normalized spacial score (nSPS) is 11.0. The van der Waals surface area contributed by atoms with Crippen molar-refractivity contribution in [3.63, 3.8) is 0 Å². The van der Waals surface area contributed by atoms with E-state index < -0.39 is 15.9 Å². The predicted molar refractivity (Wildman–Crippen MR) is 81.5 cm³/mol. The molecule has 0 atom stereocenters. The van der Waals surface area contributed by atoms with Crippen LogP contribution in [0.15, 0.2) is 34.6 Å². The number of hydrogen-bond acceptors (Lipinski definition) is 8. The van der Waals surface area contributed by atoms with Crippen LogP contribution in [0.25, 0.3) is 11.4 Å². The summed E-state index contributed by atoms with van der Waals surface area (Å²) in [5.74, 6) is -0.830. The molecule has 2 aromatic rings. The number of rotatable bonds is 5. The summed E-state index contributed by atoms with van der Waals surface area (Å²) in [4.78, 5) is 23.1. The molecule has 0 aliphatic rings. The predicted octanol–water partition coefficient (Wildman–Crippen LogP) is -0.0994. The van der Waals surface area contributed by atoms with Gasteiger partial charge in [-0.1, -0.05) is 0 Å². The number of nitrogens with zero attached hydrogens (tertiary/aromatic N) is 4. The van der Waals surface area contributed by atoms with Gasteiger partial charge in [0.05, 0.1) is 22.3 Å². The van der Waals surface area contributed by atoms with Crippen LogP contribution in [0.5, 0.6) is 0 Å². The fraction of sp³-hybridized carbons (Fsp3) is 0.0833. The average molecular weight is 350 g/mol. The smallest absolute Gasteiger partial charge is 0.250 e. The van der Waals surface area contributed by atoms with E-state index in [1.54, 1.807) is 0 Å². The lowest BCUT2D eigenvalue weighted by molar-refractivity contribution is 0.0997. The first kappa shape index (κ1) is 16.8. The first-order valence-electron chi connectivity index (χ1n) is 5.98. The highest BCUT2D eigenvalue weighted by Crippen LogP contribution is 2.35. The monoisotopic (exact) mass is 350 g/mol. The van der Waals surface area contributed by atoms with E-state index in [0.717, 1.165) is 11.8 Å². The zero-order valence-electron chi connectivity index (χ0n) is 11.5. The number of benzene rings is 1. The largest absolute Gasteiger partial charge is 0.366 e. The Kier molecular flexibility index (Phi) is 4.89. The quantitative estimate of drug-likeness (QED) is 0.705. The van der Waals surface area contributed by atoms with E-state index in [9.17, 15) is 13.2 Å². The molecular weight excluding hydrogens is 340 g/mol. The SMILES string of the molecule is N#CCSc1c(S(N)(=O)=O)ccc(-c2ncncn2)c1C(N)=O. The molecule has 0 spiro atoms. The molecule has 1 aromatic carbocycles. The summed E-state index contributed by atoms with van der Waals surface area (Å²) in [6.07, 6.45) is 2.45. The molecule has 23 heavy (non-hydrogen) atoms. The summed E-state index contributed by atoms with van der Waals surface area (Å²) < 4.78 is 23.5. The van der Waals surface area contributed by atoms with Gasteiger partial charge < -0.3 is 5.73 Å². The van der Waals surface area contributed by atoms with Gasteiger partial charge in [-0.3, -0.25) is 4.79 Å². The molecule has 1 heterocycles. The van der Waals surface area contributed by atoms with Gasteiger partial charge in [0.2, 0.25) is 10.0 Å². The number of thioether (sulfide) groups is 1.